The largest absolute Gasteiger partial charge is 0.462 e. The van der Waals surface area contributed by atoms with Gasteiger partial charge in [0.1, 0.15) is 13.2 Å². The molecule has 0 aliphatic carbocycles. The van der Waals surface area contributed by atoms with Gasteiger partial charge in [0.05, 0.1) is 0 Å². The fourth-order valence-electron chi connectivity index (χ4n) is 8.73. The Balaban J connectivity index is 4.36. The van der Waals surface area contributed by atoms with Crippen LogP contribution >= 0.6 is 0 Å². The van der Waals surface area contributed by atoms with Crippen LogP contribution in [0.5, 0.6) is 0 Å². The van der Waals surface area contributed by atoms with Crippen LogP contribution in [0.2, 0.25) is 0 Å². The molecule has 462 valence electrons. The smallest absolute Gasteiger partial charge is 0.306 e. The van der Waals surface area contributed by atoms with Crippen molar-refractivity contribution in [2.75, 3.05) is 13.2 Å². The van der Waals surface area contributed by atoms with Gasteiger partial charge in [0.2, 0.25) is 0 Å². The summed E-state index contributed by atoms with van der Waals surface area (Å²) in [5.41, 5.74) is 0. The van der Waals surface area contributed by atoms with Crippen molar-refractivity contribution >= 4 is 17.9 Å². The highest BCUT2D eigenvalue weighted by Crippen LogP contribution is 2.14. The van der Waals surface area contributed by atoms with Gasteiger partial charge in [-0.2, -0.15) is 0 Å². The number of esters is 3. The molecule has 6 heteroatoms. The number of hydrogen-bond donors (Lipinski definition) is 0. The fraction of sp³-hybridized carbons (Fsp3) is 0.618. The van der Waals surface area contributed by atoms with Crippen molar-refractivity contribution in [2.24, 2.45) is 0 Å². The summed E-state index contributed by atoms with van der Waals surface area (Å²) in [6.45, 7) is 6.44. The zero-order chi connectivity index (χ0) is 59.2. The van der Waals surface area contributed by atoms with E-state index in [1.165, 1.54) is 70.6 Å². The van der Waals surface area contributed by atoms with E-state index in [1.807, 2.05) is 0 Å². The third-order valence-electron chi connectivity index (χ3n) is 13.7. The first-order valence-corrected chi connectivity index (χ1v) is 33.5. The van der Waals surface area contributed by atoms with Crippen molar-refractivity contribution in [1.82, 2.24) is 0 Å². The number of hydrogen-bond acceptors (Lipinski definition) is 6. The van der Waals surface area contributed by atoms with Crippen LogP contribution in [0.1, 0.15) is 284 Å². The van der Waals surface area contributed by atoms with Gasteiger partial charge in [-0.15, -0.1) is 0 Å². The summed E-state index contributed by atoms with van der Waals surface area (Å²) >= 11 is 0. The molecule has 6 nitrogen and oxygen atoms in total. The first kappa shape index (κ1) is 77.0. The van der Waals surface area contributed by atoms with Crippen molar-refractivity contribution in [1.29, 1.82) is 0 Å². The lowest BCUT2D eigenvalue weighted by atomic mass is 10.1. The standard InChI is InChI=1S/C76H122O6/c1-4-7-10-13-16-19-22-25-27-29-31-32-33-34-35-36-37-38-39-40-41-42-43-44-46-47-49-51-54-57-60-63-66-69-75(78)81-72-73(71-80-74(77)68-65-62-59-56-53-24-21-18-15-12-9-6-3)82-76(79)70-67-64-61-58-55-52-50-48-45-30-28-26-23-20-17-14-11-8-5-2/h7,10,16-21,25-28,31-32,34-35,37-38,40-41,43-45,47-49,73H,4-6,8-9,11-15,22-24,29-30,33,36,39,42,46,50-72H2,1-3H3/b10-7-,19-16-,20-17-,21-18-,27-25-,28-26-,32-31-,35-34-,38-37-,41-40-,44-43-,48-45-,49-47-. The molecular weight excluding hydrogens is 1010 g/mol. The molecule has 0 amide bonds. The normalized spacial score (nSPS) is 13.2. The molecule has 0 fully saturated rings. The number of allylic oxidation sites excluding steroid dienone is 26. The van der Waals surface area contributed by atoms with E-state index in [-0.39, 0.29) is 31.1 Å². The molecule has 0 radical (unpaired) electrons. The predicted octanol–water partition coefficient (Wildman–Crippen LogP) is 23.3. The second kappa shape index (κ2) is 68.5. The quantitative estimate of drug-likeness (QED) is 0.0261. The number of unbranched alkanes of at least 4 members (excludes halogenated alkanes) is 22. The maximum Gasteiger partial charge on any atom is 0.306 e. The highest BCUT2D eigenvalue weighted by molar-refractivity contribution is 5.71. The summed E-state index contributed by atoms with van der Waals surface area (Å²) < 4.78 is 16.9. The first-order valence-electron chi connectivity index (χ1n) is 33.5. The predicted molar refractivity (Wildman–Crippen MR) is 357 cm³/mol. The second-order valence-corrected chi connectivity index (χ2v) is 21.6. The first-order chi connectivity index (χ1) is 40.5. The molecule has 0 rings (SSSR count). The maximum atomic E-state index is 12.9. The lowest BCUT2D eigenvalue weighted by molar-refractivity contribution is -0.167. The molecule has 0 saturated heterocycles. The summed E-state index contributed by atoms with van der Waals surface area (Å²) in [6, 6.07) is 0. The van der Waals surface area contributed by atoms with Crippen molar-refractivity contribution < 1.29 is 28.6 Å². The van der Waals surface area contributed by atoms with E-state index in [2.05, 4.69) is 179 Å². The monoisotopic (exact) mass is 1130 g/mol. The maximum absolute atomic E-state index is 12.9. The molecule has 0 aromatic carbocycles. The van der Waals surface area contributed by atoms with Crippen molar-refractivity contribution in [3.8, 4) is 0 Å². The molecule has 0 aromatic rings. The van der Waals surface area contributed by atoms with Gasteiger partial charge in [0, 0.05) is 19.3 Å². The molecular formula is C76H122O6. The third kappa shape index (κ3) is 65.8. The SMILES string of the molecule is CC/C=C\C/C=C\C/C=C\C/C=C\C/C=C\C/C=C\C/C=C\C/C=C\C/C=C\CCCCCCCC(=O)OCC(COC(=O)CCCCCCC/C=C\CCCCC)OC(=O)CCCCCCCC/C=C\C/C=C\C/C=C\CCCCC. The Hall–Kier alpha value is -4.97. The minimum absolute atomic E-state index is 0.0991. The van der Waals surface area contributed by atoms with Crippen LogP contribution in [0.25, 0.3) is 0 Å². The van der Waals surface area contributed by atoms with Gasteiger partial charge >= 0.3 is 17.9 Å². The van der Waals surface area contributed by atoms with Crippen LogP contribution in [-0.2, 0) is 28.6 Å². The molecule has 0 saturated carbocycles. The Morgan fingerprint density at radius 3 is 0.756 bits per heavy atom. The fourth-order valence-corrected chi connectivity index (χ4v) is 8.73. The molecule has 82 heavy (non-hydrogen) atoms. The Bertz CT molecular complexity index is 1830. The molecule has 0 spiro atoms. The van der Waals surface area contributed by atoms with E-state index in [0.29, 0.717) is 19.3 Å². The number of rotatable bonds is 59. The van der Waals surface area contributed by atoms with Gasteiger partial charge in [-0.05, 0) is 154 Å². The van der Waals surface area contributed by atoms with Crippen molar-refractivity contribution in [3.05, 3.63) is 158 Å². The van der Waals surface area contributed by atoms with E-state index in [0.717, 1.165) is 173 Å². The van der Waals surface area contributed by atoms with Gasteiger partial charge in [0.25, 0.3) is 0 Å². The van der Waals surface area contributed by atoms with E-state index < -0.39 is 6.10 Å². The average molecular weight is 1130 g/mol. The second-order valence-electron chi connectivity index (χ2n) is 21.6. The Labute approximate surface area is 505 Å². The van der Waals surface area contributed by atoms with Crippen molar-refractivity contribution in [2.45, 2.75) is 290 Å². The van der Waals surface area contributed by atoms with Crippen LogP contribution in [0.4, 0.5) is 0 Å². The Morgan fingerprint density at radius 2 is 0.476 bits per heavy atom. The van der Waals surface area contributed by atoms with Crippen molar-refractivity contribution in [3.63, 3.8) is 0 Å². The summed E-state index contributed by atoms with van der Waals surface area (Å²) in [5, 5.41) is 0. The Kier molecular flexibility index (Phi) is 64.4. The van der Waals surface area contributed by atoms with Gasteiger partial charge in [-0.1, -0.05) is 269 Å². The number of carbonyl (C=O) groups excluding carboxylic acids is 3. The van der Waals surface area contributed by atoms with Crippen LogP contribution < -0.4 is 0 Å². The van der Waals surface area contributed by atoms with E-state index in [4.69, 9.17) is 14.2 Å². The zero-order valence-corrected chi connectivity index (χ0v) is 52.9. The summed E-state index contributed by atoms with van der Waals surface area (Å²) in [5.74, 6) is -0.941. The molecule has 1 atom stereocenters. The minimum Gasteiger partial charge on any atom is -0.462 e. The van der Waals surface area contributed by atoms with Crippen LogP contribution in [0, 0.1) is 0 Å². The molecule has 0 aromatic heterocycles. The molecule has 0 bridgehead atoms. The lowest BCUT2D eigenvalue weighted by Gasteiger charge is -2.18. The zero-order valence-electron chi connectivity index (χ0n) is 52.9. The van der Waals surface area contributed by atoms with Gasteiger partial charge in [-0.25, -0.2) is 0 Å². The van der Waals surface area contributed by atoms with E-state index in [9.17, 15) is 14.4 Å². The molecule has 0 N–H and O–H groups in total. The average Bonchev–Trinajstić information content (AvgIpc) is 3.47. The summed E-state index contributed by atoms with van der Waals surface area (Å²) in [4.78, 5) is 38.3. The molecule has 0 heterocycles. The van der Waals surface area contributed by atoms with E-state index in [1.54, 1.807) is 0 Å². The van der Waals surface area contributed by atoms with Gasteiger partial charge < -0.3 is 14.2 Å². The van der Waals surface area contributed by atoms with Crippen LogP contribution in [-0.4, -0.2) is 37.2 Å². The summed E-state index contributed by atoms with van der Waals surface area (Å²) in [7, 11) is 0. The molecule has 0 aliphatic rings. The Morgan fingerprint density at radius 1 is 0.256 bits per heavy atom. The molecule has 0 aliphatic heterocycles. The lowest BCUT2D eigenvalue weighted by Crippen LogP contribution is -2.30. The highest BCUT2D eigenvalue weighted by Gasteiger charge is 2.19. The topological polar surface area (TPSA) is 78.9 Å². The molecule has 1 unspecified atom stereocenters. The van der Waals surface area contributed by atoms with E-state index >= 15 is 0 Å². The summed E-state index contributed by atoms with van der Waals surface area (Å²) in [6.07, 6.45) is 99.6. The van der Waals surface area contributed by atoms with Crippen LogP contribution in [0.15, 0.2) is 158 Å². The minimum atomic E-state index is -0.805. The van der Waals surface area contributed by atoms with Crippen LogP contribution in [0.3, 0.4) is 0 Å². The number of carbonyl (C=O) groups is 3. The van der Waals surface area contributed by atoms with Gasteiger partial charge in [-0.3, -0.25) is 14.4 Å². The highest BCUT2D eigenvalue weighted by atomic mass is 16.6. The third-order valence-corrected chi connectivity index (χ3v) is 13.7. The van der Waals surface area contributed by atoms with Gasteiger partial charge in [0.15, 0.2) is 6.10 Å². The number of ether oxygens (including phenoxy) is 3.